The van der Waals surface area contributed by atoms with E-state index in [1.807, 2.05) is 17.4 Å². The maximum Gasteiger partial charge on any atom is 0.143 e. The summed E-state index contributed by atoms with van der Waals surface area (Å²) in [6.07, 6.45) is 0. The quantitative estimate of drug-likeness (QED) is 0.122. The molecule has 0 spiro atoms. The van der Waals surface area contributed by atoms with Crippen LogP contribution in [-0.4, -0.2) is 5.71 Å². The molecule has 0 saturated heterocycles. The summed E-state index contributed by atoms with van der Waals surface area (Å²) in [6, 6.07) is 62.8. The van der Waals surface area contributed by atoms with Gasteiger partial charge in [-0.05, 0) is 92.7 Å². The first-order valence-electron chi connectivity index (χ1n) is 19.7. The third-order valence-corrected chi connectivity index (χ3v) is 13.0. The highest BCUT2D eigenvalue weighted by Crippen LogP contribution is 2.46. The fraction of sp³-hybridized carbons (Fsp3) is 0.0364. The maximum absolute atomic E-state index is 6.58. The summed E-state index contributed by atoms with van der Waals surface area (Å²) in [7, 11) is 0. The number of benzene rings is 9. The Kier molecular flexibility index (Phi) is 7.99. The molecule has 0 amide bonds. The van der Waals surface area contributed by atoms with Crippen molar-refractivity contribution < 1.29 is 4.42 Å². The van der Waals surface area contributed by atoms with Crippen LogP contribution in [0.3, 0.4) is 0 Å². The topological polar surface area (TPSA) is 25.5 Å². The molecule has 2 heterocycles. The minimum Gasteiger partial charge on any atom is -0.455 e. The predicted octanol–water partition coefficient (Wildman–Crippen LogP) is 16.0. The molecule has 0 bridgehead atoms. The van der Waals surface area contributed by atoms with Gasteiger partial charge >= 0.3 is 0 Å². The molecule has 0 fully saturated rings. The number of allylic oxidation sites excluding steroid dienone is 2. The Morgan fingerprint density at radius 1 is 0.483 bits per heavy atom. The van der Waals surface area contributed by atoms with Gasteiger partial charge in [-0.15, -0.1) is 11.3 Å². The zero-order valence-electron chi connectivity index (χ0n) is 32.2. The molecular weight excluding hydrogens is 723 g/mol. The number of fused-ring (bicyclic) bond motifs is 12. The minimum atomic E-state index is 0.727. The van der Waals surface area contributed by atoms with Crippen molar-refractivity contribution >= 4 is 103 Å². The van der Waals surface area contributed by atoms with Crippen LogP contribution >= 0.6 is 11.3 Å². The molecule has 0 aliphatic heterocycles. The van der Waals surface area contributed by atoms with Crippen LogP contribution in [0.15, 0.2) is 197 Å². The van der Waals surface area contributed by atoms with Crippen LogP contribution in [0.25, 0.3) is 96.8 Å². The Balaban J connectivity index is 1.09. The number of furan rings is 1. The van der Waals surface area contributed by atoms with Gasteiger partial charge in [-0.1, -0.05) is 158 Å². The first kappa shape index (κ1) is 34.2. The van der Waals surface area contributed by atoms with E-state index in [2.05, 4.69) is 190 Å². The second-order valence-electron chi connectivity index (χ2n) is 15.1. The number of rotatable bonds is 6. The van der Waals surface area contributed by atoms with Crippen LogP contribution < -0.4 is 0 Å². The van der Waals surface area contributed by atoms with Crippen molar-refractivity contribution in [2.75, 3.05) is 0 Å². The van der Waals surface area contributed by atoms with E-state index in [9.17, 15) is 0 Å². The van der Waals surface area contributed by atoms with E-state index in [1.165, 1.54) is 69.2 Å². The van der Waals surface area contributed by atoms with Crippen LogP contribution in [0.5, 0.6) is 0 Å². The largest absolute Gasteiger partial charge is 0.455 e. The molecular formula is C55H37NOS. The van der Waals surface area contributed by atoms with E-state index in [0.29, 0.717) is 0 Å². The Morgan fingerprint density at radius 3 is 1.79 bits per heavy atom. The number of aliphatic imine (C=N–C) groups is 1. The lowest BCUT2D eigenvalue weighted by Crippen LogP contribution is -2.05. The standard InChI is InChI=1S/C55H37NOS/c1-33(38-23-14-28-50-52(38)53-45(24-15-29-51(53)58-50)47-26-13-25-46-44-22-11-12-27-49(44)57-55(46)47)34(2)54(36-16-5-4-6-17-36)56-35(3)37-30-31-43-41-20-8-7-18-39(41)40-19-9-10-21-42(40)48(43)32-37/h4-32H,3H2,1-2H3/b34-33+,56-54+. The number of para-hydroxylation sites is 2. The molecule has 11 rings (SSSR count). The van der Waals surface area contributed by atoms with Crippen LogP contribution in [0.2, 0.25) is 0 Å². The monoisotopic (exact) mass is 759 g/mol. The summed E-state index contributed by atoms with van der Waals surface area (Å²) in [5.74, 6) is 0. The Hall–Kier alpha value is -7.07. The summed E-state index contributed by atoms with van der Waals surface area (Å²) < 4.78 is 9.08. The number of hydrogen-bond donors (Lipinski definition) is 0. The highest BCUT2D eigenvalue weighted by molar-refractivity contribution is 7.26. The fourth-order valence-corrected chi connectivity index (χ4v) is 10.1. The smallest absolute Gasteiger partial charge is 0.143 e. The zero-order chi connectivity index (χ0) is 38.9. The number of hydrogen-bond acceptors (Lipinski definition) is 3. The van der Waals surface area contributed by atoms with Gasteiger partial charge in [0.2, 0.25) is 0 Å². The third-order valence-electron chi connectivity index (χ3n) is 11.9. The minimum absolute atomic E-state index is 0.727. The van der Waals surface area contributed by atoms with Crippen molar-refractivity contribution in [3.8, 4) is 11.1 Å². The second-order valence-corrected chi connectivity index (χ2v) is 16.2. The van der Waals surface area contributed by atoms with E-state index in [-0.39, 0.29) is 0 Å². The highest BCUT2D eigenvalue weighted by Gasteiger charge is 2.20. The van der Waals surface area contributed by atoms with Gasteiger partial charge in [0.1, 0.15) is 11.2 Å². The van der Waals surface area contributed by atoms with E-state index in [0.717, 1.165) is 55.6 Å². The summed E-state index contributed by atoms with van der Waals surface area (Å²) in [4.78, 5) is 5.42. The molecule has 0 aliphatic rings. The van der Waals surface area contributed by atoms with Gasteiger partial charge in [0.25, 0.3) is 0 Å². The highest BCUT2D eigenvalue weighted by atomic mass is 32.1. The molecule has 0 atom stereocenters. The molecule has 11 aromatic rings. The van der Waals surface area contributed by atoms with Gasteiger partial charge in [-0.2, -0.15) is 0 Å². The molecule has 0 unspecified atom stereocenters. The predicted molar refractivity (Wildman–Crippen MR) is 251 cm³/mol. The molecule has 9 aromatic carbocycles. The summed E-state index contributed by atoms with van der Waals surface area (Å²) in [5, 5.41) is 12.2. The van der Waals surface area contributed by atoms with Crippen molar-refractivity contribution in [3.05, 3.63) is 205 Å². The third kappa shape index (κ3) is 5.35. The van der Waals surface area contributed by atoms with Gasteiger partial charge in [0.15, 0.2) is 0 Å². The first-order valence-corrected chi connectivity index (χ1v) is 20.5. The average molecular weight is 760 g/mol. The Morgan fingerprint density at radius 2 is 1.05 bits per heavy atom. The molecule has 0 radical (unpaired) electrons. The van der Waals surface area contributed by atoms with E-state index < -0.39 is 0 Å². The zero-order valence-corrected chi connectivity index (χ0v) is 33.0. The number of thiophene rings is 1. The van der Waals surface area contributed by atoms with Crippen LogP contribution in [0.1, 0.15) is 30.5 Å². The van der Waals surface area contributed by atoms with Gasteiger partial charge in [-0.3, -0.25) is 0 Å². The van der Waals surface area contributed by atoms with Crippen molar-refractivity contribution in [2.24, 2.45) is 4.99 Å². The molecule has 0 N–H and O–H groups in total. The molecule has 58 heavy (non-hydrogen) atoms. The molecule has 2 nitrogen and oxygen atoms in total. The fourth-order valence-electron chi connectivity index (χ4n) is 8.99. The summed E-state index contributed by atoms with van der Waals surface area (Å²) in [5.41, 5.74) is 11.3. The SMILES string of the molecule is C=C(/N=C(\C(C)=C(/C)c1cccc2sc3cccc(-c4cccc5c4oc4ccccc45)c3c12)c1ccccc1)c1ccc2c3ccccc3c3ccccc3c2c1. The van der Waals surface area contributed by atoms with Crippen molar-refractivity contribution in [3.63, 3.8) is 0 Å². The summed E-state index contributed by atoms with van der Waals surface area (Å²) in [6.45, 7) is 9.05. The van der Waals surface area contributed by atoms with Crippen molar-refractivity contribution in [1.29, 1.82) is 0 Å². The summed E-state index contributed by atoms with van der Waals surface area (Å²) >= 11 is 1.84. The Bertz CT molecular complexity index is 3510. The lowest BCUT2D eigenvalue weighted by molar-refractivity contribution is 0.670. The van der Waals surface area contributed by atoms with Gasteiger partial charge in [0, 0.05) is 47.6 Å². The first-order chi connectivity index (χ1) is 28.5. The number of nitrogens with zero attached hydrogens (tertiary/aromatic N) is 1. The Labute approximate surface area is 340 Å². The average Bonchev–Trinajstić information content (AvgIpc) is 3.87. The van der Waals surface area contributed by atoms with Gasteiger partial charge in [-0.25, -0.2) is 4.99 Å². The maximum atomic E-state index is 6.58. The second kappa shape index (κ2) is 13.5. The van der Waals surface area contributed by atoms with Gasteiger partial charge in [0.05, 0.1) is 11.4 Å². The van der Waals surface area contributed by atoms with E-state index >= 15 is 0 Å². The molecule has 0 saturated carbocycles. The lowest BCUT2D eigenvalue weighted by Gasteiger charge is -2.16. The van der Waals surface area contributed by atoms with Gasteiger partial charge < -0.3 is 4.42 Å². The molecule has 274 valence electrons. The van der Waals surface area contributed by atoms with Crippen molar-refractivity contribution in [1.82, 2.24) is 0 Å². The van der Waals surface area contributed by atoms with Crippen LogP contribution in [0.4, 0.5) is 0 Å². The normalized spacial score (nSPS) is 12.8. The van der Waals surface area contributed by atoms with Crippen LogP contribution in [0, 0.1) is 0 Å². The molecule has 0 aliphatic carbocycles. The van der Waals surface area contributed by atoms with Crippen molar-refractivity contribution in [2.45, 2.75) is 13.8 Å². The van der Waals surface area contributed by atoms with E-state index in [4.69, 9.17) is 9.41 Å². The van der Waals surface area contributed by atoms with E-state index in [1.54, 1.807) is 0 Å². The molecule has 2 aromatic heterocycles. The lowest BCUT2D eigenvalue weighted by atomic mass is 9.90. The van der Waals surface area contributed by atoms with Crippen LogP contribution in [-0.2, 0) is 0 Å². The molecule has 3 heteroatoms.